The van der Waals surface area contributed by atoms with E-state index in [0.717, 1.165) is 16.1 Å². The van der Waals surface area contributed by atoms with Gasteiger partial charge in [-0.1, -0.05) is 54.1 Å². The molecule has 0 aliphatic carbocycles. The van der Waals surface area contributed by atoms with Crippen molar-refractivity contribution in [3.05, 3.63) is 95.0 Å². The maximum Gasteiger partial charge on any atom is 0.164 e. The lowest BCUT2D eigenvalue weighted by Crippen LogP contribution is -2.06. The number of Topliss-reactive ketones (excluding diaryl/α,β-unsaturated/α-hetero) is 1. The highest BCUT2D eigenvalue weighted by Crippen LogP contribution is 2.40. The first-order valence-corrected chi connectivity index (χ1v) is 9.24. The molecule has 0 saturated carbocycles. The largest absolute Gasteiger partial charge is 0.398 e. The van der Waals surface area contributed by atoms with Gasteiger partial charge in [0.1, 0.15) is 0 Å². The van der Waals surface area contributed by atoms with Crippen LogP contribution in [-0.2, 0) is 0 Å². The average Bonchev–Trinajstić information content (AvgIpc) is 2.64. The maximum atomic E-state index is 12.7. The van der Waals surface area contributed by atoms with Crippen LogP contribution in [0, 0.1) is 0 Å². The molecule has 0 heterocycles. The van der Waals surface area contributed by atoms with Crippen LogP contribution < -0.4 is 5.73 Å². The third-order valence-corrected chi connectivity index (χ3v) is 5.50. The Bertz CT molecular complexity index is 849. The maximum absolute atomic E-state index is 12.7. The second-order valence-electron chi connectivity index (χ2n) is 5.69. The topological polar surface area (TPSA) is 43.1 Å². The van der Waals surface area contributed by atoms with Gasteiger partial charge in [-0.25, -0.2) is 0 Å². The molecule has 0 fully saturated rings. The summed E-state index contributed by atoms with van der Waals surface area (Å²) in [5, 5.41) is 0.622. The zero-order valence-electron chi connectivity index (χ0n) is 13.6. The lowest BCUT2D eigenvalue weighted by Gasteiger charge is -2.17. The van der Waals surface area contributed by atoms with E-state index in [1.807, 2.05) is 54.6 Å². The normalized spacial score (nSPS) is 11.9. The number of carbonyl (C=O) groups excluding carboxylic acids is 1. The molecule has 0 bridgehead atoms. The minimum absolute atomic E-state index is 0.00548. The summed E-state index contributed by atoms with van der Waals surface area (Å²) in [4.78, 5) is 13.7. The predicted octanol–water partition coefficient (Wildman–Crippen LogP) is 6.03. The zero-order valence-corrected chi connectivity index (χ0v) is 15.1. The van der Waals surface area contributed by atoms with Crippen LogP contribution in [0.4, 0.5) is 5.69 Å². The quantitative estimate of drug-likeness (QED) is 0.328. The lowest BCUT2D eigenvalue weighted by molar-refractivity contribution is 0.0982. The first-order valence-electron chi connectivity index (χ1n) is 7.98. The Kier molecular flexibility index (Phi) is 5.79. The molecule has 0 spiro atoms. The summed E-state index contributed by atoms with van der Waals surface area (Å²) >= 11 is 7.54. The van der Waals surface area contributed by atoms with Gasteiger partial charge in [0, 0.05) is 32.8 Å². The van der Waals surface area contributed by atoms with E-state index in [1.54, 1.807) is 36.0 Å². The van der Waals surface area contributed by atoms with Gasteiger partial charge in [-0.05, 0) is 42.0 Å². The number of nitrogen functional groups attached to an aromatic ring is 1. The Morgan fingerprint density at radius 3 is 2.24 bits per heavy atom. The molecule has 0 radical (unpaired) electrons. The molecular formula is C21H18ClNOS. The number of anilines is 1. The number of hydrogen-bond acceptors (Lipinski definition) is 3. The molecule has 126 valence electrons. The Balaban J connectivity index is 1.85. The van der Waals surface area contributed by atoms with Crippen molar-refractivity contribution in [3.63, 3.8) is 0 Å². The monoisotopic (exact) mass is 367 g/mol. The SMILES string of the molecule is Nc1ccccc1S[C@H](CC(=O)c1ccc(Cl)cc1)c1ccccc1. The number of carbonyl (C=O) groups is 1. The van der Waals surface area contributed by atoms with Crippen molar-refractivity contribution < 1.29 is 4.79 Å². The van der Waals surface area contributed by atoms with Gasteiger partial charge in [0.15, 0.2) is 5.78 Å². The van der Waals surface area contributed by atoms with Crippen molar-refractivity contribution in [1.29, 1.82) is 0 Å². The molecule has 2 N–H and O–H groups in total. The number of rotatable bonds is 6. The summed E-state index contributed by atoms with van der Waals surface area (Å²) in [7, 11) is 0. The average molecular weight is 368 g/mol. The van der Waals surface area contributed by atoms with E-state index >= 15 is 0 Å². The Morgan fingerprint density at radius 2 is 1.56 bits per heavy atom. The minimum Gasteiger partial charge on any atom is -0.398 e. The first-order chi connectivity index (χ1) is 12.1. The van der Waals surface area contributed by atoms with Crippen LogP contribution in [0.2, 0.25) is 5.02 Å². The van der Waals surface area contributed by atoms with Crippen LogP contribution in [0.15, 0.2) is 83.8 Å². The molecule has 0 aliphatic rings. The van der Waals surface area contributed by atoms with Crippen molar-refractivity contribution in [2.75, 3.05) is 5.73 Å². The van der Waals surface area contributed by atoms with Gasteiger partial charge in [0.25, 0.3) is 0 Å². The van der Waals surface area contributed by atoms with Crippen LogP contribution in [0.1, 0.15) is 27.6 Å². The van der Waals surface area contributed by atoms with Gasteiger partial charge in [-0.2, -0.15) is 0 Å². The molecule has 0 aromatic heterocycles. The number of hydrogen-bond donors (Lipinski definition) is 1. The second kappa shape index (κ2) is 8.24. The molecular weight excluding hydrogens is 350 g/mol. The fourth-order valence-corrected chi connectivity index (χ4v) is 3.88. The lowest BCUT2D eigenvalue weighted by atomic mass is 10.0. The predicted molar refractivity (Wildman–Crippen MR) is 106 cm³/mol. The molecule has 0 amide bonds. The van der Waals surface area contributed by atoms with E-state index < -0.39 is 0 Å². The smallest absolute Gasteiger partial charge is 0.164 e. The van der Waals surface area contributed by atoms with E-state index in [2.05, 4.69) is 0 Å². The van der Waals surface area contributed by atoms with Crippen molar-refractivity contribution in [1.82, 2.24) is 0 Å². The highest BCUT2D eigenvalue weighted by molar-refractivity contribution is 7.99. The molecule has 0 unspecified atom stereocenters. The molecule has 3 rings (SSSR count). The molecule has 1 atom stereocenters. The number of ketones is 1. The second-order valence-corrected chi connectivity index (χ2v) is 7.37. The molecule has 0 saturated heterocycles. The molecule has 2 nitrogen and oxygen atoms in total. The minimum atomic E-state index is -0.00548. The summed E-state index contributed by atoms with van der Waals surface area (Å²) in [5.74, 6) is 0.0903. The molecule has 0 aliphatic heterocycles. The van der Waals surface area contributed by atoms with Gasteiger partial charge in [0.05, 0.1) is 0 Å². The molecule has 3 aromatic rings. The fraction of sp³-hybridized carbons (Fsp3) is 0.0952. The van der Waals surface area contributed by atoms with Crippen molar-refractivity contribution >= 4 is 34.8 Å². The fourth-order valence-electron chi connectivity index (χ4n) is 2.56. The summed E-state index contributed by atoms with van der Waals surface area (Å²) in [6, 6.07) is 24.8. The third-order valence-electron chi connectivity index (χ3n) is 3.90. The number of para-hydroxylation sites is 1. The standard InChI is InChI=1S/C21H18ClNOS/c22-17-12-10-15(11-13-17)19(24)14-21(16-6-2-1-3-7-16)25-20-9-5-4-8-18(20)23/h1-13,21H,14,23H2/t21-/m1/s1. The summed E-state index contributed by atoms with van der Waals surface area (Å²) in [6.45, 7) is 0. The van der Waals surface area contributed by atoms with Crippen molar-refractivity contribution in [2.24, 2.45) is 0 Å². The number of thioether (sulfide) groups is 1. The van der Waals surface area contributed by atoms with Crippen molar-refractivity contribution in [2.45, 2.75) is 16.6 Å². The number of halogens is 1. The number of benzene rings is 3. The zero-order chi connectivity index (χ0) is 17.6. The molecule has 25 heavy (non-hydrogen) atoms. The van der Waals surface area contributed by atoms with Crippen molar-refractivity contribution in [3.8, 4) is 0 Å². The number of nitrogens with two attached hydrogens (primary N) is 1. The van der Waals surface area contributed by atoms with Crippen LogP contribution in [0.5, 0.6) is 0 Å². The summed E-state index contributed by atoms with van der Waals surface area (Å²) in [6.07, 6.45) is 0.393. The molecule has 3 aromatic carbocycles. The summed E-state index contributed by atoms with van der Waals surface area (Å²) in [5.41, 5.74) is 8.60. The van der Waals surface area contributed by atoms with Crippen LogP contribution in [0.25, 0.3) is 0 Å². The van der Waals surface area contributed by atoms with Crippen LogP contribution in [-0.4, -0.2) is 5.78 Å². The van der Waals surface area contributed by atoms with Gasteiger partial charge < -0.3 is 5.73 Å². The first kappa shape index (κ1) is 17.6. The van der Waals surface area contributed by atoms with E-state index in [0.29, 0.717) is 17.0 Å². The summed E-state index contributed by atoms with van der Waals surface area (Å²) < 4.78 is 0. The van der Waals surface area contributed by atoms with Gasteiger partial charge in [0.2, 0.25) is 0 Å². The van der Waals surface area contributed by atoms with E-state index in [1.165, 1.54) is 0 Å². The Morgan fingerprint density at radius 1 is 0.920 bits per heavy atom. The van der Waals surface area contributed by atoms with E-state index in [-0.39, 0.29) is 11.0 Å². The van der Waals surface area contributed by atoms with Crippen LogP contribution in [0.3, 0.4) is 0 Å². The third kappa shape index (κ3) is 4.65. The van der Waals surface area contributed by atoms with Gasteiger partial charge in [-0.3, -0.25) is 4.79 Å². The van der Waals surface area contributed by atoms with E-state index in [9.17, 15) is 4.79 Å². The Hall–Kier alpha value is -2.23. The highest BCUT2D eigenvalue weighted by Gasteiger charge is 2.19. The Labute approximate surface area is 157 Å². The van der Waals surface area contributed by atoms with Crippen LogP contribution >= 0.6 is 23.4 Å². The van der Waals surface area contributed by atoms with Gasteiger partial charge in [-0.15, -0.1) is 11.8 Å². The molecule has 4 heteroatoms. The van der Waals surface area contributed by atoms with E-state index in [4.69, 9.17) is 17.3 Å². The van der Waals surface area contributed by atoms with Gasteiger partial charge >= 0.3 is 0 Å². The highest BCUT2D eigenvalue weighted by atomic mass is 35.5.